The van der Waals surface area contributed by atoms with Gasteiger partial charge in [0, 0.05) is 6.04 Å². The SMILES string of the molecule is CCC(O)COc1c(I)cc(Oc2c(I)cc(CC(C)NC(=O)OC(C)(C)C)cc2I)cc1I. The second kappa shape index (κ2) is 13.7. The summed E-state index contributed by atoms with van der Waals surface area (Å²) in [5.74, 6) is 2.27. The fourth-order valence-electron chi connectivity index (χ4n) is 2.89. The average Bonchev–Trinajstić information content (AvgIpc) is 2.68. The lowest BCUT2D eigenvalue weighted by Gasteiger charge is -2.22. The van der Waals surface area contributed by atoms with Gasteiger partial charge in [0.15, 0.2) is 5.75 Å². The Labute approximate surface area is 256 Å². The van der Waals surface area contributed by atoms with E-state index in [1.165, 1.54) is 0 Å². The van der Waals surface area contributed by atoms with Crippen molar-refractivity contribution >= 4 is 96.5 Å². The summed E-state index contributed by atoms with van der Waals surface area (Å²) < 4.78 is 21.2. The monoisotopic (exact) mass is 919 g/mol. The largest absolute Gasteiger partial charge is 0.489 e. The third kappa shape index (κ3) is 9.92. The molecule has 6 nitrogen and oxygen atoms in total. The van der Waals surface area contributed by atoms with Gasteiger partial charge in [0.05, 0.1) is 20.4 Å². The standard InChI is InChI=1S/C24H29I4NO5/c1-6-15(30)12-32-21-19(27)10-16(11-20(21)28)33-22-17(25)8-14(9-18(22)26)7-13(2)29-23(31)34-24(3,4)5/h8-11,13,15,30H,6-7,12H2,1-5H3,(H,29,31). The molecule has 2 unspecified atom stereocenters. The van der Waals surface area contributed by atoms with Crippen LogP contribution < -0.4 is 14.8 Å². The van der Waals surface area contributed by atoms with E-state index in [1.807, 2.05) is 46.8 Å². The second-order valence-electron chi connectivity index (χ2n) is 8.83. The van der Waals surface area contributed by atoms with E-state index in [2.05, 4.69) is 108 Å². The Morgan fingerprint density at radius 2 is 1.53 bits per heavy atom. The van der Waals surface area contributed by atoms with E-state index in [1.54, 1.807) is 0 Å². The number of ether oxygens (including phenoxy) is 3. The van der Waals surface area contributed by atoms with Crippen LogP contribution in [-0.2, 0) is 11.2 Å². The first-order valence-electron chi connectivity index (χ1n) is 10.7. The third-order valence-corrected chi connectivity index (χ3v) is 7.65. The van der Waals surface area contributed by atoms with E-state index in [0.29, 0.717) is 12.8 Å². The highest BCUT2D eigenvalue weighted by atomic mass is 127. The van der Waals surface area contributed by atoms with Crippen LogP contribution in [0.1, 0.15) is 46.6 Å². The van der Waals surface area contributed by atoms with Crippen LogP contribution in [0.2, 0.25) is 0 Å². The molecule has 0 aliphatic heterocycles. The Morgan fingerprint density at radius 1 is 1.00 bits per heavy atom. The number of carbonyl (C=O) groups excluding carboxylic acids is 1. The fourth-order valence-corrected chi connectivity index (χ4v) is 7.03. The minimum atomic E-state index is -0.524. The van der Waals surface area contributed by atoms with Crippen LogP contribution in [0.25, 0.3) is 0 Å². The van der Waals surface area contributed by atoms with Gasteiger partial charge in [-0.2, -0.15) is 0 Å². The quantitative estimate of drug-likeness (QED) is 0.255. The highest BCUT2D eigenvalue weighted by Crippen LogP contribution is 2.37. The lowest BCUT2D eigenvalue weighted by atomic mass is 10.1. The van der Waals surface area contributed by atoms with Crippen molar-refractivity contribution in [3.63, 3.8) is 0 Å². The summed E-state index contributed by atoms with van der Waals surface area (Å²) in [6.45, 7) is 9.69. The summed E-state index contributed by atoms with van der Waals surface area (Å²) in [6.07, 6.45) is 0.435. The number of amides is 1. The molecule has 2 aromatic rings. The number of hydrogen-bond acceptors (Lipinski definition) is 5. The Hall–Kier alpha value is 0.190. The Bertz CT molecular complexity index is 963. The first-order chi connectivity index (χ1) is 15.8. The molecule has 10 heteroatoms. The van der Waals surface area contributed by atoms with Crippen LogP contribution in [0.3, 0.4) is 0 Å². The molecular formula is C24H29I4NO5. The van der Waals surface area contributed by atoms with Crippen molar-refractivity contribution in [3.05, 3.63) is 44.1 Å². The lowest BCUT2D eigenvalue weighted by molar-refractivity contribution is 0.0508. The molecule has 34 heavy (non-hydrogen) atoms. The van der Waals surface area contributed by atoms with Crippen LogP contribution in [-0.4, -0.2) is 35.6 Å². The summed E-state index contributed by atoms with van der Waals surface area (Å²) >= 11 is 9.01. The van der Waals surface area contributed by atoms with Crippen LogP contribution in [0.15, 0.2) is 24.3 Å². The Balaban J connectivity index is 2.11. The molecule has 188 valence electrons. The van der Waals surface area contributed by atoms with Crippen LogP contribution in [0.4, 0.5) is 4.79 Å². The molecule has 0 aliphatic rings. The zero-order valence-electron chi connectivity index (χ0n) is 19.7. The maximum Gasteiger partial charge on any atom is 0.407 e. The molecule has 2 rings (SSSR count). The van der Waals surface area contributed by atoms with Gasteiger partial charge in [0.2, 0.25) is 0 Å². The molecule has 2 aromatic carbocycles. The predicted molar refractivity (Wildman–Crippen MR) is 168 cm³/mol. The number of aliphatic hydroxyl groups is 1. The van der Waals surface area contributed by atoms with E-state index >= 15 is 0 Å². The van der Waals surface area contributed by atoms with Gasteiger partial charge in [0.25, 0.3) is 0 Å². The summed E-state index contributed by atoms with van der Waals surface area (Å²) in [4.78, 5) is 12.0. The van der Waals surface area contributed by atoms with Crippen molar-refractivity contribution in [1.82, 2.24) is 5.32 Å². The minimum absolute atomic E-state index is 0.0739. The summed E-state index contributed by atoms with van der Waals surface area (Å²) in [7, 11) is 0. The van der Waals surface area contributed by atoms with Crippen molar-refractivity contribution < 1.29 is 24.1 Å². The average molecular weight is 919 g/mol. The van der Waals surface area contributed by atoms with Gasteiger partial charge >= 0.3 is 6.09 Å². The highest BCUT2D eigenvalue weighted by Gasteiger charge is 2.19. The van der Waals surface area contributed by atoms with Crippen molar-refractivity contribution in [2.75, 3.05) is 6.61 Å². The van der Waals surface area contributed by atoms with Crippen molar-refractivity contribution in [2.45, 2.75) is 65.2 Å². The minimum Gasteiger partial charge on any atom is -0.489 e. The van der Waals surface area contributed by atoms with Crippen LogP contribution in [0.5, 0.6) is 17.2 Å². The maximum absolute atomic E-state index is 12.0. The topological polar surface area (TPSA) is 77.0 Å². The number of carbonyl (C=O) groups is 1. The molecule has 0 heterocycles. The van der Waals surface area contributed by atoms with Crippen molar-refractivity contribution in [2.24, 2.45) is 0 Å². The number of nitrogens with one attached hydrogen (secondary N) is 1. The first-order valence-corrected chi connectivity index (χ1v) is 15.1. The fraction of sp³-hybridized carbons (Fsp3) is 0.458. The normalized spacial score (nSPS) is 13.2. The van der Waals surface area contributed by atoms with Gasteiger partial charge in [-0.1, -0.05) is 6.92 Å². The molecular weight excluding hydrogens is 890 g/mol. The zero-order chi connectivity index (χ0) is 25.6. The molecule has 0 aliphatic carbocycles. The smallest absolute Gasteiger partial charge is 0.407 e. The maximum atomic E-state index is 12.0. The number of hydrogen-bond donors (Lipinski definition) is 2. The molecule has 0 saturated heterocycles. The zero-order valence-corrected chi connectivity index (χ0v) is 28.3. The molecule has 0 bridgehead atoms. The first kappa shape index (κ1) is 30.4. The highest BCUT2D eigenvalue weighted by molar-refractivity contribution is 14.1. The van der Waals surface area contributed by atoms with Crippen LogP contribution >= 0.6 is 90.4 Å². The van der Waals surface area contributed by atoms with Crippen LogP contribution in [0, 0.1) is 14.3 Å². The third-order valence-electron chi connectivity index (χ3n) is 4.45. The summed E-state index contributed by atoms with van der Waals surface area (Å²) in [6, 6.07) is 7.94. The van der Waals surface area contributed by atoms with E-state index in [-0.39, 0.29) is 12.6 Å². The number of rotatable bonds is 9. The van der Waals surface area contributed by atoms with Crippen molar-refractivity contribution in [1.29, 1.82) is 0 Å². The number of halogens is 4. The Morgan fingerprint density at radius 3 is 2.03 bits per heavy atom. The number of alkyl carbamates (subject to hydrolysis) is 1. The molecule has 0 saturated carbocycles. The molecule has 0 radical (unpaired) electrons. The van der Waals surface area contributed by atoms with Gasteiger partial charge in [-0.25, -0.2) is 4.79 Å². The van der Waals surface area contributed by atoms with E-state index < -0.39 is 17.8 Å². The molecule has 0 aromatic heterocycles. The van der Waals surface area contributed by atoms with Gasteiger partial charge < -0.3 is 24.6 Å². The molecule has 2 N–H and O–H groups in total. The van der Waals surface area contributed by atoms with E-state index in [4.69, 9.17) is 14.2 Å². The van der Waals surface area contributed by atoms with E-state index in [0.717, 1.165) is 37.1 Å². The van der Waals surface area contributed by atoms with Gasteiger partial charge in [0.1, 0.15) is 23.7 Å². The Kier molecular flexibility index (Phi) is 12.2. The predicted octanol–water partition coefficient (Wildman–Crippen LogP) is 7.50. The van der Waals surface area contributed by atoms with Gasteiger partial charge in [-0.05, 0) is 161 Å². The second-order valence-corrected chi connectivity index (χ2v) is 13.5. The summed E-state index contributed by atoms with van der Waals surface area (Å²) in [5, 5.41) is 12.7. The number of benzene rings is 2. The molecule has 0 spiro atoms. The van der Waals surface area contributed by atoms with Gasteiger partial charge in [-0.15, -0.1) is 0 Å². The molecule has 1 amide bonds. The van der Waals surface area contributed by atoms with Gasteiger partial charge in [-0.3, -0.25) is 0 Å². The lowest BCUT2D eigenvalue weighted by Crippen LogP contribution is -2.38. The molecule has 2 atom stereocenters. The number of aliphatic hydroxyl groups excluding tert-OH is 1. The molecule has 0 fully saturated rings. The summed E-state index contributed by atoms with van der Waals surface area (Å²) in [5.41, 5.74) is 0.580. The van der Waals surface area contributed by atoms with E-state index in [9.17, 15) is 9.90 Å². The van der Waals surface area contributed by atoms with Crippen molar-refractivity contribution in [3.8, 4) is 17.2 Å².